The first-order valence-electron chi connectivity index (χ1n) is 10.5. The van der Waals surface area contributed by atoms with E-state index in [1.165, 1.54) is 5.69 Å². The van der Waals surface area contributed by atoms with Gasteiger partial charge in [-0.15, -0.1) is 24.0 Å². The fraction of sp³-hybridized carbons (Fsp3) is 0.391. The maximum Gasteiger partial charge on any atom is 0.319 e. The van der Waals surface area contributed by atoms with Gasteiger partial charge in [0.2, 0.25) is 0 Å². The lowest BCUT2D eigenvalue weighted by molar-refractivity contribution is 0.250. The van der Waals surface area contributed by atoms with E-state index < -0.39 is 0 Å². The van der Waals surface area contributed by atoms with Gasteiger partial charge >= 0.3 is 6.03 Å². The van der Waals surface area contributed by atoms with Crippen LogP contribution in [0.1, 0.15) is 25.8 Å². The fourth-order valence-electron chi connectivity index (χ4n) is 3.46. The van der Waals surface area contributed by atoms with Gasteiger partial charge in [0, 0.05) is 50.1 Å². The highest BCUT2D eigenvalue weighted by molar-refractivity contribution is 14.0. The van der Waals surface area contributed by atoms with Crippen LogP contribution in [-0.2, 0) is 6.54 Å². The summed E-state index contributed by atoms with van der Waals surface area (Å²) in [5.74, 6) is 0.799. The second kappa shape index (κ2) is 12.4. The number of halogens is 1. The Morgan fingerprint density at radius 2 is 1.84 bits per heavy atom. The van der Waals surface area contributed by atoms with Gasteiger partial charge in [0.15, 0.2) is 5.96 Å². The molecule has 0 bridgehead atoms. The molecule has 1 fully saturated rings. The van der Waals surface area contributed by atoms with Crippen molar-refractivity contribution >= 4 is 47.3 Å². The van der Waals surface area contributed by atoms with Crippen molar-refractivity contribution in [2.24, 2.45) is 4.99 Å². The minimum absolute atomic E-state index is 0. The molecule has 0 aromatic heterocycles. The second-order valence-electron chi connectivity index (χ2n) is 7.79. The first kappa shape index (κ1) is 24.8. The van der Waals surface area contributed by atoms with Gasteiger partial charge in [-0.2, -0.15) is 0 Å². The average Bonchev–Trinajstić information content (AvgIpc) is 3.21. The summed E-state index contributed by atoms with van der Waals surface area (Å²) in [6.07, 6.45) is 1.08. The quantitative estimate of drug-likeness (QED) is 0.258. The van der Waals surface area contributed by atoms with Crippen LogP contribution in [0.4, 0.5) is 16.2 Å². The topological polar surface area (TPSA) is 80.8 Å². The molecule has 4 N–H and O–H groups in total. The third-order valence-electron chi connectivity index (χ3n) is 4.97. The van der Waals surface area contributed by atoms with Gasteiger partial charge in [0.05, 0.1) is 0 Å². The van der Waals surface area contributed by atoms with E-state index in [0.29, 0.717) is 12.6 Å². The highest BCUT2D eigenvalue weighted by Crippen LogP contribution is 2.19. The Morgan fingerprint density at radius 3 is 2.48 bits per heavy atom. The van der Waals surface area contributed by atoms with Gasteiger partial charge in [-0.1, -0.05) is 30.3 Å². The van der Waals surface area contributed by atoms with Crippen molar-refractivity contribution in [2.75, 3.05) is 30.4 Å². The third-order valence-corrected chi connectivity index (χ3v) is 4.97. The summed E-state index contributed by atoms with van der Waals surface area (Å²) in [6.45, 7) is 6.52. The van der Waals surface area contributed by atoms with Crippen molar-refractivity contribution in [1.29, 1.82) is 0 Å². The molecule has 8 heteroatoms. The average molecular weight is 536 g/mol. The van der Waals surface area contributed by atoms with Crippen LogP contribution in [0.3, 0.4) is 0 Å². The van der Waals surface area contributed by atoms with Crippen LogP contribution >= 0.6 is 24.0 Å². The number of carbonyl (C=O) groups excluding carboxylic acids is 1. The van der Waals surface area contributed by atoms with Crippen molar-refractivity contribution in [3.05, 3.63) is 60.2 Å². The van der Waals surface area contributed by atoms with E-state index >= 15 is 0 Å². The predicted octanol–water partition coefficient (Wildman–Crippen LogP) is 3.78. The smallest absolute Gasteiger partial charge is 0.319 e. The number of benzene rings is 2. The van der Waals surface area contributed by atoms with Gasteiger partial charge < -0.3 is 26.2 Å². The van der Waals surface area contributed by atoms with Crippen LogP contribution in [0, 0.1) is 0 Å². The number of rotatable bonds is 6. The Balaban J connectivity index is 0.00000341. The molecule has 1 atom stereocenters. The molecule has 1 aliphatic rings. The van der Waals surface area contributed by atoms with Crippen LogP contribution in [0.15, 0.2) is 59.6 Å². The summed E-state index contributed by atoms with van der Waals surface area (Å²) in [7, 11) is 1.79. The van der Waals surface area contributed by atoms with Gasteiger partial charge in [-0.05, 0) is 50.1 Å². The molecular weight excluding hydrogens is 503 g/mol. The standard InChI is InChI=1S/C23H32N6O.HI/c1-17(2)26-23(30)28-19-11-9-18(10-12-19)15-25-22(24-3)27-20-13-14-29(16-20)21-7-5-4-6-8-21;/h4-12,17,20H,13-16H2,1-3H3,(H2,24,25,27)(H2,26,28,30);1H. The van der Waals surface area contributed by atoms with Crippen molar-refractivity contribution in [2.45, 2.75) is 38.9 Å². The number of hydrogen-bond donors (Lipinski definition) is 4. The van der Waals surface area contributed by atoms with E-state index in [9.17, 15) is 4.79 Å². The zero-order valence-corrected chi connectivity index (χ0v) is 20.7. The van der Waals surface area contributed by atoms with E-state index in [2.05, 4.69) is 55.4 Å². The lowest BCUT2D eigenvalue weighted by Gasteiger charge is -2.20. The van der Waals surface area contributed by atoms with Crippen LogP contribution in [0.25, 0.3) is 0 Å². The number of amides is 2. The zero-order valence-electron chi connectivity index (χ0n) is 18.4. The Bertz CT molecular complexity index is 841. The number of nitrogens with one attached hydrogen (secondary N) is 4. The molecule has 1 heterocycles. The van der Waals surface area contributed by atoms with E-state index in [0.717, 1.165) is 36.7 Å². The first-order valence-corrected chi connectivity index (χ1v) is 10.5. The summed E-state index contributed by atoms with van der Waals surface area (Å²) < 4.78 is 0. The summed E-state index contributed by atoms with van der Waals surface area (Å²) in [5.41, 5.74) is 3.15. The van der Waals surface area contributed by atoms with E-state index in [4.69, 9.17) is 0 Å². The number of carbonyl (C=O) groups is 1. The zero-order chi connectivity index (χ0) is 21.3. The van der Waals surface area contributed by atoms with Gasteiger partial charge in [0.25, 0.3) is 0 Å². The maximum absolute atomic E-state index is 11.8. The molecule has 7 nitrogen and oxygen atoms in total. The molecule has 0 radical (unpaired) electrons. The monoisotopic (exact) mass is 536 g/mol. The number of aliphatic imine (C=N–C) groups is 1. The minimum atomic E-state index is -0.193. The molecule has 1 aliphatic heterocycles. The predicted molar refractivity (Wildman–Crippen MR) is 140 cm³/mol. The van der Waals surface area contributed by atoms with E-state index in [1.807, 2.05) is 44.2 Å². The van der Waals surface area contributed by atoms with Crippen LogP contribution in [0.5, 0.6) is 0 Å². The largest absolute Gasteiger partial charge is 0.369 e. The third kappa shape index (κ3) is 7.93. The molecule has 168 valence electrons. The lowest BCUT2D eigenvalue weighted by atomic mass is 10.2. The van der Waals surface area contributed by atoms with Crippen molar-refractivity contribution in [3.63, 3.8) is 0 Å². The molecular formula is C23H33IN6O. The highest BCUT2D eigenvalue weighted by atomic mass is 127. The summed E-state index contributed by atoms with van der Waals surface area (Å²) >= 11 is 0. The minimum Gasteiger partial charge on any atom is -0.369 e. The Kier molecular flexibility index (Phi) is 9.90. The number of hydrogen-bond acceptors (Lipinski definition) is 3. The number of guanidine groups is 1. The Hall–Kier alpha value is -2.49. The Morgan fingerprint density at radius 1 is 1.13 bits per heavy atom. The van der Waals surface area contributed by atoms with Gasteiger partial charge in [0.1, 0.15) is 0 Å². The summed E-state index contributed by atoms with van der Waals surface area (Å²) in [6, 6.07) is 18.6. The molecule has 1 unspecified atom stereocenters. The molecule has 2 aromatic carbocycles. The molecule has 0 spiro atoms. The molecule has 0 aliphatic carbocycles. The molecule has 0 saturated carbocycles. The second-order valence-corrected chi connectivity index (χ2v) is 7.79. The number of urea groups is 1. The van der Waals surface area contributed by atoms with Crippen LogP contribution in [-0.4, -0.2) is 44.2 Å². The number of nitrogens with zero attached hydrogens (tertiary/aromatic N) is 2. The van der Waals surface area contributed by atoms with Crippen molar-refractivity contribution < 1.29 is 4.79 Å². The molecule has 3 rings (SSSR count). The number of anilines is 2. The SMILES string of the molecule is CN=C(NCc1ccc(NC(=O)NC(C)C)cc1)NC1CCN(c2ccccc2)C1.I. The van der Waals surface area contributed by atoms with E-state index in [1.54, 1.807) is 7.05 Å². The highest BCUT2D eigenvalue weighted by Gasteiger charge is 2.23. The molecule has 1 saturated heterocycles. The first-order chi connectivity index (χ1) is 14.5. The normalized spacial score (nSPS) is 15.9. The van der Waals surface area contributed by atoms with E-state index in [-0.39, 0.29) is 36.0 Å². The lowest BCUT2D eigenvalue weighted by Crippen LogP contribution is -2.44. The summed E-state index contributed by atoms with van der Waals surface area (Å²) in [4.78, 5) is 18.5. The van der Waals surface area contributed by atoms with Gasteiger partial charge in [-0.3, -0.25) is 4.99 Å². The van der Waals surface area contributed by atoms with Gasteiger partial charge in [-0.25, -0.2) is 4.79 Å². The van der Waals surface area contributed by atoms with Crippen molar-refractivity contribution in [3.8, 4) is 0 Å². The summed E-state index contributed by atoms with van der Waals surface area (Å²) in [5, 5.41) is 12.5. The molecule has 2 amide bonds. The molecule has 2 aromatic rings. The maximum atomic E-state index is 11.8. The Labute approximate surface area is 202 Å². The van der Waals surface area contributed by atoms with Crippen molar-refractivity contribution in [1.82, 2.24) is 16.0 Å². The van der Waals surface area contributed by atoms with Crippen LogP contribution in [0.2, 0.25) is 0 Å². The molecule has 31 heavy (non-hydrogen) atoms. The number of para-hydroxylation sites is 1. The fourth-order valence-corrected chi connectivity index (χ4v) is 3.46. The van der Waals surface area contributed by atoms with Crippen LogP contribution < -0.4 is 26.2 Å².